The molecule has 6 nitrogen and oxygen atoms in total. The molecule has 0 amide bonds. The van der Waals surface area contributed by atoms with Crippen molar-refractivity contribution in [2.75, 3.05) is 18.1 Å². The summed E-state index contributed by atoms with van der Waals surface area (Å²) in [5.74, 6) is 2.02. The van der Waals surface area contributed by atoms with Crippen molar-refractivity contribution in [3.05, 3.63) is 16.5 Å². The third-order valence-corrected chi connectivity index (χ3v) is 4.16. The van der Waals surface area contributed by atoms with Crippen LogP contribution in [0.4, 0.5) is 5.82 Å². The van der Waals surface area contributed by atoms with E-state index in [-0.39, 0.29) is 0 Å². The van der Waals surface area contributed by atoms with Crippen LogP contribution < -0.4 is 10.0 Å². The second-order valence-corrected chi connectivity index (χ2v) is 8.38. The van der Waals surface area contributed by atoms with Gasteiger partial charge in [0.1, 0.15) is 16.2 Å². The van der Waals surface area contributed by atoms with Gasteiger partial charge in [0, 0.05) is 24.1 Å². The van der Waals surface area contributed by atoms with Gasteiger partial charge < -0.3 is 5.32 Å². The maximum absolute atomic E-state index is 11.3. The number of rotatable bonds is 6. The summed E-state index contributed by atoms with van der Waals surface area (Å²) in [5, 5.41) is 3.16. The predicted octanol–water partition coefficient (Wildman–Crippen LogP) is 1.86. The van der Waals surface area contributed by atoms with Crippen LogP contribution in [-0.4, -0.2) is 36.7 Å². The molecular formula is C12H19BrN4O2S. The first-order valence-electron chi connectivity index (χ1n) is 6.42. The second-order valence-electron chi connectivity index (χ2n) is 5.82. The molecule has 1 aliphatic carbocycles. The van der Waals surface area contributed by atoms with Crippen LogP contribution in [0.3, 0.4) is 0 Å². The molecule has 1 heterocycles. The number of nitrogens with zero attached hydrogens (tertiary/aromatic N) is 2. The van der Waals surface area contributed by atoms with E-state index in [9.17, 15) is 8.42 Å². The molecule has 112 valence electrons. The number of halogens is 1. The van der Waals surface area contributed by atoms with Crippen molar-refractivity contribution in [3.63, 3.8) is 0 Å². The summed E-state index contributed by atoms with van der Waals surface area (Å²) in [6.07, 6.45) is 3.43. The lowest BCUT2D eigenvalue weighted by Crippen LogP contribution is -2.47. The van der Waals surface area contributed by atoms with E-state index in [4.69, 9.17) is 0 Å². The molecule has 1 aromatic rings. The van der Waals surface area contributed by atoms with Gasteiger partial charge in [0.15, 0.2) is 0 Å². The van der Waals surface area contributed by atoms with E-state index in [1.807, 2.05) is 13.8 Å². The fraction of sp³-hybridized carbons (Fsp3) is 0.667. The fourth-order valence-electron chi connectivity index (χ4n) is 1.90. The summed E-state index contributed by atoms with van der Waals surface area (Å²) in [6.45, 7) is 4.08. The Morgan fingerprint density at radius 2 is 2.05 bits per heavy atom. The molecule has 0 saturated heterocycles. The number of hydrogen-bond donors (Lipinski definition) is 2. The predicted molar refractivity (Wildman–Crippen MR) is 82.3 cm³/mol. The number of anilines is 1. The molecule has 0 atom stereocenters. The van der Waals surface area contributed by atoms with Gasteiger partial charge in [0.25, 0.3) is 0 Å². The van der Waals surface area contributed by atoms with Gasteiger partial charge in [-0.3, -0.25) is 0 Å². The highest BCUT2D eigenvalue weighted by Crippen LogP contribution is 2.38. The van der Waals surface area contributed by atoms with Gasteiger partial charge in [-0.15, -0.1) is 0 Å². The van der Waals surface area contributed by atoms with Crippen molar-refractivity contribution in [1.82, 2.24) is 14.7 Å². The molecule has 1 aliphatic rings. The quantitative estimate of drug-likeness (QED) is 0.754. The maximum atomic E-state index is 11.3. The van der Waals surface area contributed by atoms with Gasteiger partial charge in [-0.1, -0.05) is 0 Å². The SMILES string of the molecule is CC(C)(CNc1cc(Br)nc(C2CC2)n1)NS(C)(=O)=O. The van der Waals surface area contributed by atoms with Gasteiger partial charge in [-0.2, -0.15) is 0 Å². The lowest BCUT2D eigenvalue weighted by atomic mass is 10.1. The molecule has 2 N–H and O–H groups in total. The van der Waals surface area contributed by atoms with Crippen LogP contribution >= 0.6 is 15.9 Å². The van der Waals surface area contributed by atoms with E-state index >= 15 is 0 Å². The fourth-order valence-corrected chi connectivity index (χ4v) is 3.37. The topological polar surface area (TPSA) is 84.0 Å². The van der Waals surface area contributed by atoms with Crippen LogP contribution in [0.1, 0.15) is 38.4 Å². The van der Waals surface area contributed by atoms with Crippen molar-refractivity contribution in [2.45, 2.75) is 38.1 Å². The van der Waals surface area contributed by atoms with Crippen LogP contribution in [0.15, 0.2) is 10.7 Å². The Labute approximate surface area is 128 Å². The summed E-state index contributed by atoms with van der Waals surface area (Å²) in [6, 6.07) is 1.79. The molecule has 8 heteroatoms. The molecule has 0 unspecified atom stereocenters. The van der Waals surface area contributed by atoms with E-state index < -0.39 is 15.6 Å². The lowest BCUT2D eigenvalue weighted by molar-refractivity contribution is 0.475. The normalized spacial score (nSPS) is 16.2. The smallest absolute Gasteiger partial charge is 0.209 e. The third kappa shape index (κ3) is 4.99. The van der Waals surface area contributed by atoms with Crippen molar-refractivity contribution < 1.29 is 8.42 Å². The van der Waals surface area contributed by atoms with E-state index in [0.717, 1.165) is 29.5 Å². The minimum Gasteiger partial charge on any atom is -0.368 e. The van der Waals surface area contributed by atoms with E-state index in [1.165, 1.54) is 0 Å². The van der Waals surface area contributed by atoms with Crippen molar-refractivity contribution in [2.24, 2.45) is 0 Å². The highest BCUT2D eigenvalue weighted by atomic mass is 79.9. The van der Waals surface area contributed by atoms with Gasteiger partial charge in [0.05, 0.1) is 6.26 Å². The number of sulfonamides is 1. The Balaban J connectivity index is 2.03. The molecule has 0 radical (unpaired) electrons. The molecule has 0 aromatic carbocycles. The van der Waals surface area contributed by atoms with Crippen LogP contribution in [0, 0.1) is 0 Å². The zero-order valence-electron chi connectivity index (χ0n) is 11.8. The molecule has 0 spiro atoms. The van der Waals surface area contributed by atoms with E-state index in [1.54, 1.807) is 6.07 Å². The minimum absolute atomic E-state index is 0.438. The Hall–Kier alpha value is -0.730. The maximum Gasteiger partial charge on any atom is 0.209 e. The molecule has 20 heavy (non-hydrogen) atoms. The van der Waals surface area contributed by atoms with Gasteiger partial charge in [-0.25, -0.2) is 23.1 Å². The first kappa shape index (κ1) is 15.7. The van der Waals surface area contributed by atoms with Crippen LogP contribution in [0.25, 0.3) is 0 Å². The summed E-state index contributed by atoms with van der Waals surface area (Å²) < 4.78 is 25.9. The van der Waals surface area contributed by atoms with Crippen LogP contribution in [-0.2, 0) is 10.0 Å². The van der Waals surface area contributed by atoms with Gasteiger partial charge in [-0.05, 0) is 42.6 Å². The first-order chi connectivity index (χ1) is 9.15. The Kier molecular flexibility index (Phi) is 4.36. The van der Waals surface area contributed by atoms with E-state index in [2.05, 4.69) is 35.9 Å². The van der Waals surface area contributed by atoms with Crippen LogP contribution in [0.2, 0.25) is 0 Å². The summed E-state index contributed by atoms with van der Waals surface area (Å²) in [5.41, 5.74) is -0.593. The van der Waals surface area contributed by atoms with E-state index in [0.29, 0.717) is 18.3 Å². The molecule has 1 saturated carbocycles. The van der Waals surface area contributed by atoms with Crippen molar-refractivity contribution in [3.8, 4) is 0 Å². The highest BCUT2D eigenvalue weighted by molar-refractivity contribution is 9.10. The Morgan fingerprint density at radius 3 is 2.60 bits per heavy atom. The Bertz CT molecular complexity index is 599. The largest absolute Gasteiger partial charge is 0.368 e. The average molecular weight is 363 g/mol. The molecule has 0 bridgehead atoms. The van der Waals surface area contributed by atoms with Crippen molar-refractivity contribution >= 4 is 31.8 Å². The highest BCUT2D eigenvalue weighted by Gasteiger charge is 2.27. The van der Waals surface area contributed by atoms with Crippen LogP contribution in [0.5, 0.6) is 0 Å². The monoisotopic (exact) mass is 362 g/mol. The van der Waals surface area contributed by atoms with Crippen molar-refractivity contribution in [1.29, 1.82) is 0 Å². The standard InChI is InChI=1S/C12H19BrN4O2S/c1-12(2,17-20(3,18)19)7-14-10-6-9(13)15-11(16-10)8-4-5-8/h6,8,17H,4-5,7H2,1-3H3,(H,14,15,16). The number of hydrogen-bond acceptors (Lipinski definition) is 5. The summed E-state index contributed by atoms with van der Waals surface area (Å²) in [4.78, 5) is 8.82. The molecule has 1 fully saturated rings. The summed E-state index contributed by atoms with van der Waals surface area (Å²) >= 11 is 3.38. The Morgan fingerprint density at radius 1 is 1.40 bits per heavy atom. The minimum atomic E-state index is -3.24. The molecule has 0 aliphatic heterocycles. The zero-order valence-corrected chi connectivity index (χ0v) is 14.2. The zero-order chi connectivity index (χ0) is 15.0. The summed E-state index contributed by atoms with van der Waals surface area (Å²) in [7, 11) is -3.24. The average Bonchev–Trinajstić information content (AvgIpc) is 3.06. The third-order valence-electron chi connectivity index (χ3n) is 2.83. The lowest BCUT2D eigenvalue weighted by Gasteiger charge is -2.25. The molecular weight excluding hydrogens is 344 g/mol. The number of nitrogens with one attached hydrogen (secondary N) is 2. The first-order valence-corrected chi connectivity index (χ1v) is 9.10. The molecule has 1 aromatic heterocycles. The van der Waals surface area contributed by atoms with Gasteiger partial charge >= 0.3 is 0 Å². The van der Waals surface area contributed by atoms with Gasteiger partial charge in [0.2, 0.25) is 10.0 Å². The number of aromatic nitrogens is 2. The second kappa shape index (κ2) is 5.57. The molecule has 2 rings (SSSR count).